The predicted octanol–water partition coefficient (Wildman–Crippen LogP) is 5.15. The first-order valence-corrected chi connectivity index (χ1v) is 15.5. The monoisotopic (exact) mass is 846 g/mol. The summed E-state index contributed by atoms with van der Waals surface area (Å²) in [4.78, 5) is 41.9. The van der Waals surface area contributed by atoms with Crippen LogP contribution in [0.15, 0.2) is 57.5 Å². The lowest BCUT2D eigenvalue weighted by molar-refractivity contribution is -0.145. The molecule has 0 bridgehead atoms. The summed E-state index contributed by atoms with van der Waals surface area (Å²) in [6.07, 6.45) is -3.49. The molecule has 15 heteroatoms. The normalized spacial score (nSPS) is 15.2. The summed E-state index contributed by atoms with van der Waals surface area (Å²) in [6.45, 7) is 2.91. The molecule has 222 valence electrons. The number of hydrogen-bond acceptors (Lipinski definition) is 8. The van der Waals surface area contributed by atoms with Gasteiger partial charge in [-0.25, -0.2) is 14.6 Å². The first-order chi connectivity index (χ1) is 19.8. The smallest absolute Gasteiger partial charge is 0.434 e. The molecule has 2 aromatic carbocycles. The summed E-state index contributed by atoms with van der Waals surface area (Å²) in [5.74, 6) is -1.31. The van der Waals surface area contributed by atoms with Crippen molar-refractivity contribution < 1.29 is 37.0 Å². The number of alkyl halides is 3. The van der Waals surface area contributed by atoms with Crippen molar-refractivity contribution in [2.75, 3.05) is 19.8 Å². The van der Waals surface area contributed by atoms with E-state index in [9.17, 15) is 27.6 Å². The fraction of sp³-hybridized carbons (Fsp3) is 0.259. The van der Waals surface area contributed by atoms with Crippen LogP contribution in [0.4, 0.5) is 13.2 Å². The summed E-state index contributed by atoms with van der Waals surface area (Å²) >= 11 is 10.8. The number of ether oxygens (including phenoxy) is 3. The number of thiazole rings is 1. The lowest BCUT2D eigenvalue weighted by Crippen LogP contribution is -2.41. The maximum atomic E-state index is 14.3. The number of allylic oxidation sites excluding steroid dienone is 1. The van der Waals surface area contributed by atoms with Crippen molar-refractivity contribution in [1.82, 2.24) is 4.57 Å². The molecule has 0 saturated heterocycles. The molecule has 0 unspecified atom stereocenters. The molecular weight excluding hydrogens is 827 g/mol. The number of esters is 2. The van der Waals surface area contributed by atoms with Gasteiger partial charge in [0.25, 0.3) is 5.56 Å². The summed E-state index contributed by atoms with van der Waals surface area (Å²) in [5.41, 5.74) is -2.09. The van der Waals surface area contributed by atoms with E-state index in [0.717, 1.165) is 15.9 Å². The van der Waals surface area contributed by atoms with Gasteiger partial charge in [-0.15, -0.1) is 0 Å². The molecule has 0 saturated carbocycles. The molecule has 1 aromatic heterocycles. The van der Waals surface area contributed by atoms with Crippen LogP contribution in [0.3, 0.4) is 0 Å². The molecule has 0 spiro atoms. The number of rotatable bonds is 8. The second-order valence-corrected chi connectivity index (χ2v) is 12.3. The van der Waals surface area contributed by atoms with Gasteiger partial charge in [-0.1, -0.05) is 35.1 Å². The molecular formula is C27H20ClF3I2N2O6S. The minimum absolute atomic E-state index is 0.0890. The quantitative estimate of drug-likeness (QED) is 0.230. The van der Waals surface area contributed by atoms with Crippen molar-refractivity contribution in [2.24, 2.45) is 4.99 Å². The molecule has 8 nitrogen and oxygen atoms in total. The van der Waals surface area contributed by atoms with E-state index in [1.54, 1.807) is 19.1 Å². The lowest BCUT2D eigenvalue weighted by atomic mass is 9.95. The van der Waals surface area contributed by atoms with E-state index in [1.807, 2.05) is 45.2 Å². The predicted molar refractivity (Wildman–Crippen MR) is 166 cm³/mol. The molecule has 1 aliphatic heterocycles. The molecule has 42 heavy (non-hydrogen) atoms. The fourth-order valence-electron chi connectivity index (χ4n) is 4.09. The Morgan fingerprint density at radius 3 is 2.29 bits per heavy atom. The molecule has 0 fully saturated rings. The van der Waals surface area contributed by atoms with E-state index in [2.05, 4.69) is 4.99 Å². The zero-order valence-electron chi connectivity index (χ0n) is 21.8. The van der Waals surface area contributed by atoms with Crippen molar-refractivity contribution in [3.8, 4) is 5.75 Å². The first kappa shape index (κ1) is 32.5. The van der Waals surface area contributed by atoms with Gasteiger partial charge in [0.1, 0.15) is 5.75 Å². The van der Waals surface area contributed by atoms with E-state index in [4.69, 9.17) is 25.8 Å². The Morgan fingerprint density at radius 2 is 1.71 bits per heavy atom. The van der Waals surface area contributed by atoms with Crippen molar-refractivity contribution >= 4 is 86.1 Å². The molecule has 3 aromatic rings. The van der Waals surface area contributed by atoms with Crippen molar-refractivity contribution in [3.63, 3.8) is 0 Å². The number of nitrogens with zero attached hydrogens (tertiary/aromatic N) is 2. The highest BCUT2D eigenvalue weighted by molar-refractivity contribution is 14.1. The van der Waals surface area contributed by atoms with Gasteiger partial charge in [0.05, 0.1) is 36.5 Å². The second kappa shape index (κ2) is 13.5. The van der Waals surface area contributed by atoms with E-state index in [-0.39, 0.29) is 34.7 Å². The summed E-state index contributed by atoms with van der Waals surface area (Å²) < 4.78 is 60.7. The van der Waals surface area contributed by atoms with Crippen molar-refractivity contribution in [3.05, 3.63) is 90.6 Å². The molecule has 0 radical (unpaired) electrons. The van der Waals surface area contributed by atoms with Crippen LogP contribution in [0.25, 0.3) is 6.08 Å². The Morgan fingerprint density at radius 1 is 1.10 bits per heavy atom. The van der Waals surface area contributed by atoms with Crippen LogP contribution in [0.2, 0.25) is 5.02 Å². The Hall–Kier alpha value is -2.44. The minimum atomic E-state index is -5.01. The standard InChI is InChI=1S/C27H20ClF3I2N2O6S/c1-3-39-19(36)12-41-22-16(32)9-13(10-17(22)33)11-18-24(37)35-21(14-5-7-15(28)8-6-14)20(25(38)40-4-2)23(27(29,30)31)34-26(35)42-18/h5-11,21H,3-4,12H2,1-2H3/b18-11-/t21-/m0/s1. The first-order valence-electron chi connectivity index (χ1n) is 12.2. The van der Waals surface area contributed by atoms with Gasteiger partial charge in [-0.2, -0.15) is 13.2 Å². The van der Waals surface area contributed by atoms with Crippen LogP contribution < -0.4 is 19.6 Å². The fourth-order valence-corrected chi connectivity index (χ4v) is 7.34. The highest BCUT2D eigenvalue weighted by Crippen LogP contribution is 2.38. The zero-order valence-corrected chi connectivity index (χ0v) is 27.6. The molecule has 1 atom stereocenters. The number of hydrogen-bond donors (Lipinski definition) is 0. The zero-order chi connectivity index (χ0) is 30.8. The highest BCUT2D eigenvalue weighted by Gasteiger charge is 2.45. The van der Waals surface area contributed by atoms with Crippen LogP contribution in [0.5, 0.6) is 5.75 Å². The molecule has 0 aliphatic carbocycles. The third kappa shape index (κ3) is 7.02. The summed E-state index contributed by atoms with van der Waals surface area (Å²) in [6, 6.07) is 7.74. The van der Waals surface area contributed by atoms with Gasteiger partial charge in [0.2, 0.25) is 0 Å². The van der Waals surface area contributed by atoms with Gasteiger partial charge in [0, 0.05) is 5.02 Å². The van der Waals surface area contributed by atoms with Crippen LogP contribution in [-0.4, -0.2) is 42.5 Å². The van der Waals surface area contributed by atoms with Gasteiger partial charge in [-0.3, -0.25) is 9.36 Å². The molecule has 2 heterocycles. The van der Waals surface area contributed by atoms with Crippen molar-refractivity contribution in [2.45, 2.75) is 26.1 Å². The van der Waals surface area contributed by atoms with Crippen molar-refractivity contribution in [1.29, 1.82) is 0 Å². The maximum Gasteiger partial charge on any atom is 0.434 e. The minimum Gasteiger partial charge on any atom is -0.480 e. The van der Waals surface area contributed by atoms with Crippen LogP contribution in [0, 0.1) is 7.14 Å². The maximum absolute atomic E-state index is 14.3. The van der Waals surface area contributed by atoms with Gasteiger partial charge >= 0.3 is 18.1 Å². The van der Waals surface area contributed by atoms with Gasteiger partial charge in [-0.05, 0) is 100 Å². The molecule has 0 amide bonds. The SMILES string of the molecule is CCOC(=O)COc1c(I)cc(/C=c2\sc3n(c2=O)[C@@H](c2ccc(Cl)cc2)C(C(=O)OCC)=C(C(F)(F)F)N=3)cc1I. The summed E-state index contributed by atoms with van der Waals surface area (Å²) in [5, 5.41) is 0.322. The number of halogens is 6. The van der Waals surface area contributed by atoms with Crippen LogP contribution in [0.1, 0.15) is 31.0 Å². The van der Waals surface area contributed by atoms with Crippen LogP contribution >= 0.6 is 68.1 Å². The van der Waals surface area contributed by atoms with Gasteiger partial charge in [0.15, 0.2) is 17.1 Å². The third-order valence-electron chi connectivity index (χ3n) is 5.74. The lowest BCUT2D eigenvalue weighted by Gasteiger charge is -2.26. The second-order valence-electron chi connectivity index (χ2n) is 8.52. The van der Waals surface area contributed by atoms with E-state index in [1.165, 1.54) is 37.3 Å². The van der Waals surface area contributed by atoms with Crippen LogP contribution in [-0.2, 0) is 19.1 Å². The molecule has 0 N–H and O–H groups in total. The number of carbonyl (C=O) groups is 2. The van der Waals surface area contributed by atoms with E-state index in [0.29, 0.717) is 23.5 Å². The number of benzene rings is 2. The Kier molecular flexibility index (Phi) is 10.4. The Balaban J connectivity index is 1.89. The Bertz CT molecular complexity index is 1730. The number of fused-ring (bicyclic) bond motifs is 1. The number of carbonyl (C=O) groups excluding carboxylic acids is 2. The number of aromatic nitrogens is 1. The molecule has 1 aliphatic rings. The average Bonchev–Trinajstić information content (AvgIpc) is 3.22. The van der Waals surface area contributed by atoms with E-state index < -0.39 is 41.0 Å². The molecule has 4 rings (SSSR count). The largest absolute Gasteiger partial charge is 0.480 e. The third-order valence-corrected chi connectivity index (χ3v) is 8.58. The van der Waals surface area contributed by atoms with Gasteiger partial charge < -0.3 is 14.2 Å². The average molecular weight is 847 g/mol. The van der Waals surface area contributed by atoms with E-state index >= 15 is 0 Å². The topological polar surface area (TPSA) is 96.2 Å². The highest BCUT2D eigenvalue weighted by atomic mass is 127. The Labute approximate surface area is 273 Å². The summed E-state index contributed by atoms with van der Waals surface area (Å²) in [7, 11) is 0.